The van der Waals surface area contributed by atoms with Crippen molar-refractivity contribution in [3.8, 4) is 0 Å². The number of rotatable bonds is 3. The van der Waals surface area contributed by atoms with Crippen molar-refractivity contribution in [2.45, 2.75) is 26.3 Å². The Balaban J connectivity index is 2.75. The molecule has 0 aliphatic rings. The van der Waals surface area contributed by atoms with Gasteiger partial charge in [-0.25, -0.2) is 0 Å². The highest BCUT2D eigenvalue weighted by Gasteiger charge is 2.19. The van der Waals surface area contributed by atoms with E-state index in [1.807, 2.05) is 13.1 Å². The van der Waals surface area contributed by atoms with Gasteiger partial charge in [0.2, 0.25) is 0 Å². The first kappa shape index (κ1) is 12.7. The molecule has 1 heterocycles. The Morgan fingerprint density at radius 3 is 2.59 bits per heavy atom. The Bertz CT molecular complexity index is 546. The minimum atomic E-state index is 0.360. The lowest BCUT2D eigenvalue weighted by atomic mass is 9.99. The van der Waals surface area contributed by atoms with Crippen LogP contribution in [0.2, 0.25) is 10.0 Å². The summed E-state index contributed by atoms with van der Waals surface area (Å²) in [4.78, 5) is 0. The molecule has 0 radical (unpaired) electrons. The van der Waals surface area contributed by atoms with Gasteiger partial charge in [-0.15, -0.1) is 0 Å². The second-order valence-electron chi connectivity index (χ2n) is 4.38. The van der Waals surface area contributed by atoms with Crippen molar-refractivity contribution < 1.29 is 4.42 Å². The third-order valence-electron chi connectivity index (χ3n) is 2.74. The van der Waals surface area contributed by atoms with Crippen LogP contribution in [0, 0.1) is 0 Å². The highest BCUT2D eigenvalue weighted by molar-refractivity contribution is 6.38. The molecule has 0 fully saturated rings. The molecule has 0 spiro atoms. The van der Waals surface area contributed by atoms with Gasteiger partial charge in [0.05, 0.1) is 11.6 Å². The largest absolute Gasteiger partial charge is 0.459 e. The first-order chi connectivity index (χ1) is 8.04. The number of halogens is 2. The fourth-order valence-electron chi connectivity index (χ4n) is 2.12. The van der Waals surface area contributed by atoms with Crippen LogP contribution in [-0.2, 0) is 6.54 Å². The summed E-state index contributed by atoms with van der Waals surface area (Å²) in [6, 6.07) is 3.57. The van der Waals surface area contributed by atoms with Crippen LogP contribution >= 0.6 is 23.2 Å². The van der Waals surface area contributed by atoms with Crippen molar-refractivity contribution in [2.75, 3.05) is 7.05 Å². The number of fused-ring (bicyclic) bond motifs is 1. The minimum absolute atomic E-state index is 0.360. The average Bonchev–Trinajstić information content (AvgIpc) is 2.56. The van der Waals surface area contributed by atoms with Crippen molar-refractivity contribution in [1.29, 1.82) is 0 Å². The summed E-state index contributed by atoms with van der Waals surface area (Å²) in [6.45, 7) is 4.96. The smallest absolute Gasteiger partial charge is 0.137 e. The molecule has 2 nitrogen and oxygen atoms in total. The third-order valence-corrected chi connectivity index (χ3v) is 3.25. The maximum absolute atomic E-state index is 6.26. The van der Waals surface area contributed by atoms with Gasteiger partial charge >= 0.3 is 0 Å². The number of benzene rings is 1. The van der Waals surface area contributed by atoms with Crippen LogP contribution in [0.4, 0.5) is 0 Å². The van der Waals surface area contributed by atoms with Crippen molar-refractivity contribution >= 4 is 34.2 Å². The molecular formula is C13H15Cl2NO. The van der Waals surface area contributed by atoms with Crippen molar-refractivity contribution in [3.05, 3.63) is 33.5 Å². The lowest BCUT2D eigenvalue weighted by Crippen LogP contribution is -2.06. The van der Waals surface area contributed by atoms with Gasteiger partial charge in [0.25, 0.3) is 0 Å². The van der Waals surface area contributed by atoms with Gasteiger partial charge in [-0.1, -0.05) is 37.0 Å². The normalized spacial score (nSPS) is 11.6. The van der Waals surface area contributed by atoms with Crippen LogP contribution in [0.25, 0.3) is 11.0 Å². The molecular weight excluding hydrogens is 257 g/mol. The van der Waals surface area contributed by atoms with E-state index in [1.165, 1.54) is 0 Å². The third kappa shape index (κ3) is 2.30. The van der Waals surface area contributed by atoms with Crippen LogP contribution in [0.1, 0.15) is 31.1 Å². The van der Waals surface area contributed by atoms with Crippen LogP contribution in [0.15, 0.2) is 16.5 Å². The second-order valence-corrected chi connectivity index (χ2v) is 5.23. The van der Waals surface area contributed by atoms with Crippen LogP contribution in [-0.4, -0.2) is 7.05 Å². The number of hydrogen-bond donors (Lipinski definition) is 1. The van der Waals surface area contributed by atoms with Gasteiger partial charge in [0.1, 0.15) is 11.3 Å². The number of nitrogens with one attached hydrogen (secondary N) is 1. The lowest BCUT2D eigenvalue weighted by Gasteiger charge is -2.06. The predicted octanol–water partition coefficient (Wildman–Crippen LogP) is 4.58. The highest BCUT2D eigenvalue weighted by Crippen LogP contribution is 2.38. The molecule has 0 aliphatic heterocycles. The second kappa shape index (κ2) is 4.89. The van der Waals surface area contributed by atoms with E-state index in [1.54, 1.807) is 6.07 Å². The Morgan fingerprint density at radius 1 is 1.29 bits per heavy atom. The molecule has 92 valence electrons. The molecule has 17 heavy (non-hydrogen) atoms. The Labute approximate surface area is 111 Å². The van der Waals surface area contributed by atoms with Crippen LogP contribution < -0.4 is 5.32 Å². The van der Waals surface area contributed by atoms with E-state index in [-0.39, 0.29) is 0 Å². The molecule has 4 heteroatoms. The maximum atomic E-state index is 6.26. The van der Waals surface area contributed by atoms with E-state index in [4.69, 9.17) is 27.6 Å². The number of furan rings is 1. The van der Waals surface area contributed by atoms with Crippen LogP contribution in [0.5, 0.6) is 0 Å². The van der Waals surface area contributed by atoms with E-state index in [9.17, 15) is 0 Å². The zero-order valence-corrected chi connectivity index (χ0v) is 11.6. The highest BCUT2D eigenvalue weighted by atomic mass is 35.5. The Morgan fingerprint density at radius 2 is 2.00 bits per heavy atom. The van der Waals surface area contributed by atoms with Crippen molar-refractivity contribution in [1.82, 2.24) is 5.32 Å². The summed E-state index contributed by atoms with van der Waals surface area (Å²) >= 11 is 12.2. The van der Waals surface area contributed by atoms with E-state index in [0.29, 0.717) is 22.5 Å². The van der Waals surface area contributed by atoms with Crippen LogP contribution in [0.3, 0.4) is 0 Å². The Kier molecular flexibility index (Phi) is 3.67. The summed E-state index contributed by atoms with van der Waals surface area (Å²) in [6.07, 6.45) is 0. The van der Waals surface area contributed by atoms with E-state index < -0.39 is 0 Å². The minimum Gasteiger partial charge on any atom is -0.459 e. The zero-order valence-electron chi connectivity index (χ0n) is 10.1. The molecule has 2 rings (SSSR count). The first-order valence-corrected chi connectivity index (χ1v) is 6.35. The Hall–Kier alpha value is -0.700. The molecule has 0 unspecified atom stereocenters. The van der Waals surface area contributed by atoms with Gasteiger partial charge in [0.15, 0.2) is 0 Å². The topological polar surface area (TPSA) is 25.2 Å². The molecule has 0 saturated heterocycles. The monoisotopic (exact) mass is 271 g/mol. The molecule has 1 aromatic heterocycles. The fraction of sp³-hybridized carbons (Fsp3) is 0.385. The zero-order chi connectivity index (χ0) is 12.6. The first-order valence-electron chi connectivity index (χ1n) is 5.59. The average molecular weight is 272 g/mol. The fourth-order valence-corrected chi connectivity index (χ4v) is 2.70. The molecule has 0 saturated carbocycles. The molecule has 2 aromatic rings. The van der Waals surface area contributed by atoms with E-state index >= 15 is 0 Å². The summed E-state index contributed by atoms with van der Waals surface area (Å²) in [5.41, 5.74) is 1.92. The summed E-state index contributed by atoms with van der Waals surface area (Å²) < 4.78 is 5.83. The van der Waals surface area contributed by atoms with Crippen molar-refractivity contribution in [2.24, 2.45) is 0 Å². The molecule has 1 aromatic carbocycles. The molecule has 0 atom stereocenters. The van der Waals surface area contributed by atoms with Gasteiger partial charge in [-0.3, -0.25) is 0 Å². The molecule has 1 N–H and O–H groups in total. The predicted molar refractivity (Wildman–Crippen MR) is 73.1 cm³/mol. The van der Waals surface area contributed by atoms with Gasteiger partial charge in [0, 0.05) is 22.0 Å². The van der Waals surface area contributed by atoms with Gasteiger partial charge in [-0.2, -0.15) is 0 Å². The number of hydrogen-bond acceptors (Lipinski definition) is 2. The summed E-state index contributed by atoms with van der Waals surface area (Å²) in [5.74, 6) is 1.29. The van der Waals surface area contributed by atoms with E-state index in [0.717, 1.165) is 22.3 Å². The van der Waals surface area contributed by atoms with Gasteiger partial charge in [-0.05, 0) is 19.0 Å². The lowest BCUT2D eigenvalue weighted by molar-refractivity contribution is 0.520. The summed E-state index contributed by atoms with van der Waals surface area (Å²) in [5, 5.41) is 5.34. The SMILES string of the molecule is CNCc1oc2cc(Cl)cc(Cl)c2c1C(C)C. The quantitative estimate of drug-likeness (QED) is 0.884. The molecule has 0 amide bonds. The summed E-state index contributed by atoms with van der Waals surface area (Å²) in [7, 11) is 1.89. The standard InChI is InChI=1S/C13H15Cl2NO/c1-7(2)12-11(6-16-3)17-10-5-8(14)4-9(15)13(10)12/h4-5,7,16H,6H2,1-3H3. The maximum Gasteiger partial charge on any atom is 0.137 e. The van der Waals surface area contributed by atoms with Crippen molar-refractivity contribution in [3.63, 3.8) is 0 Å². The van der Waals surface area contributed by atoms with Gasteiger partial charge < -0.3 is 9.73 Å². The molecule has 0 bridgehead atoms. The molecule has 0 aliphatic carbocycles. The van der Waals surface area contributed by atoms with E-state index in [2.05, 4.69) is 19.2 Å².